The van der Waals surface area contributed by atoms with Crippen molar-refractivity contribution in [2.75, 3.05) is 10.6 Å². The van der Waals surface area contributed by atoms with Gasteiger partial charge in [0.1, 0.15) is 11.6 Å². The third-order valence-electron chi connectivity index (χ3n) is 2.26. The molecule has 0 atom stereocenters. The highest BCUT2D eigenvalue weighted by molar-refractivity contribution is 5.54. The molecule has 0 aliphatic carbocycles. The van der Waals surface area contributed by atoms with Gasteiger partial charge in [0, 0.05) is 17.4 Å². The number of halogens is 1. The number of hydrogen-bond acceptors (Lipinski definition) is 4. The van der Waals surface area contributed by atoms with Gasteiger partial charge < -0.3 is 10.6 Å². The molecule has 0 radical (unpaired) electrons. The first-order chi connectivity index (χ1) is 8.92. The predicted molar refractivity (Wildman–Crippen MR) is 75.1 cm³/mol. The Hall–Kier alpha value is -2.17. The molecule has 0 bridgehead atoms. The topological polar surface area (TPSA) is 49.8 Å². The van der Waals surface area contributed by atoms with Crippen molar-refractivity contribution in [2.24, 2.45) is 0 Å². The third-order valence-corrected chi connectivity index (χ3v) is 2.26. The summed E-state index contributed by atoms with van der Waals surface area (Å²) in [5, 5.41) is 6.29. The van der Waals surface area contributed by atoms with Crippen LogP contribution >= 0.6 is 0 Å². The minimum atomic E-state index is -0.269. The molecular weight excluding hydrogens is 243 g/mol. The third kappa shape index (κ3) is 4.21. The van der Waals surface area contributed by atoms with E-state index in [1.807, 2.05) is 0 Å². The van der Waals surface area contributed by atoms with Gasteiger partial charge in [0.05, 0.1) is 0 Å². The first-order valence-corrected chi connectivity index (χ1v) is 6.06. The lowest BCUT2D eigenvalue weighted by molar-refractivity contribution is 0.628. The summed E-state index contributed by atoms with van der Waals surface area (Å²) in [5.74, 6) is 0.947. The first-order valence-electron chi connectivity index (χ1n) is 6.06. The Kier molecular flexibility index (Phi) is 3.64. The van der Waals surface area contributed by atoms with Crippen LogP contribution in [-0.2, 0) is 0 Å². The maximum atomic E-state index is 12.8. The molecule has 0 unspecified atom stereocenters. The summed E-state index contributed by atoms with van der Waals surface area (Å²) in [7, 11) is 0. The lowest BCUT2D eigenvalue weighted by atomic mass is 10.1. The standard InChI is InChI=1S/C14H17FN4/c1-14(2,3)19-12-8-9-16-13(18-12)17-11-6-4-10(15)5-7-11/h4-9H,1-3H3,(H2,16,17,18,19). The number of hydrogen-bond donors (Lipinski definition) is 2. The van der Waals surface area contributed by atoms with Gasteiger partial charge in [-0.05, 0) is 51.1 Å². The van der Waals surface area contributed by atoms with E-state index in [1.165, 1.54) is 12.1 Å². The van der Waals surface area contributed by atoms with Crippen LogP contribution in [-0.4, -0.2) is 15.5 Å². The summed E-state index contributed by atoms with van der Waals surface area (Å²) in [6, 6.07) is 7.87. The summed E-state index contributed by atoms with van der Waals surface area (Å²) in [4.78, 5) is 8.48. The highest BCUT2D eigenvalue weighted by atomic mass is 19.1. The molecule has 0 spiro atoms. The minimum Gasteiger partial charge on any atom is -0.365 e. The van der Waals surface area contributed by atoms with Crippen LogP contribution < -0.4 is 10.6 Å². The Morgan fingerprint density at radius 1 is 1.05 bits per heavy atom. The quantitative estimate of drug-likeness (QED) is 0.885. The normalized spacial score (nSPS) is 11.2. The molecule has 0 aliphatic heterocycles. The summed E-state index contributed by atoms with van der Waals surface area (Å²) < 4.78 is 12.8. The minimum absolute atomic E-state index is 0.0680. The molecular formula is C14H17FN4. The predicted octanol–water partition coefficient (Wildman–Crippen LogP) is 3.57. The zero-order valence-corrected chi connectivity index (χ0v) is 11.2. The lowest BCUT2D eigenvalue weighted by Crippen LogP contribution is -2.26. The van der Waals surface area contributed by atoms with Gasteiger partial charge in [0.2, 0.25) is 5.95 Å². The van der Waals surface area contributed by atoms with Crippen LogP contribution in [0, 0.1) is 5.82 Å². The number of nitrogens with one attached hydrogen (secondary N) is 2. The largest absolute Gasteiger partial charge is 0.365 e. The van der Waals surface area contributed by atoms with Gasteiger partial charge in [-0.2, -0.15) is 4.98 Å². The molecule has 0 amide bonds. The fraction of sp³-hybridized carbons (Fsp3) is 0.286. The summed E-state index contributed by atoms with van der Waals surface area (Å²) in [6.45, 7) is 6.17. The van der Waals surface area contributed by atoms with E-state index in [9.17, 15) is 4.39 Å². The highest BCUT2D eigenvalue weighted by Crippen LogP contribution is 2.16. The molecule has 19 heavy (non-hydrogen) atoms. The summed E-state index contributed by atoms with van der Waals surface area (Å²) >= 11 is 0. The molecule has 2 N–H and O–H groups in total. The van der Waals surface area contributed by atoms with E-state index in [4.69, 9.17) is 0 Å². The van der Waals surface area contributed by atoms with Crippen molar-refractivity contribution in [3.05, 3.63) is 42.3 Å². The van der Waals surface area contributed by atoms with E-state index in [2.05, 4.69) is 41.4 Å². The van der Waals surface area contributed by atoms with Crippen LogP contribution in [0.15, 0.2) is 36.5 Å². The van der Waals surface area contributed by atoms with Crippen LogP contribution in [0.4, 0.5) is 21.8 Å². The second kappa shape index (κ2) is 5.22. The van der Waals surface area contributed by atoms with Crippen molar-refractivity contribution in [3.8, 4) is 0 Å². The van der Waals surface area contributed by atoms with Crippen molar-refractivity contribution in [1.29, 1.82) is 0 Å². The van der Waals surface area contributed by atoms with Gasteiger partial charge >= 0.3 is 0 Å². The second-order valence-corrected chi connectivity index (χ2v) is 5.27. The van der Waals surface area contributed by atoms with Crippen LogP contribution in [0.25, 0.3) is 0 Å². The van der Waals surface area contributed by atoms with Gasteiger partial charge in [-0.15, -0.1) is 0 Å². The monoisotopic (exact) mass is 260 g/mol. The fourth-order valence-electron chi connectivity index (χ4n) is 1.54. The van der Waals surface area contributed by atoms with Crippen molar-refractivity contribution in [3.63, 3.8) is 0 Å². The Morgan fingerprint density at radius 3 is 2.37 bits per heavy atom. The van der Waals surface area contributed by atoms with Gasteiger partial charge in [0.25, 0.3) is 0 Å². The Morgan fingerprint density at radius 2 is 1.74 bits per heavy atom. The van der Waals surface area contributed by atoms with Gasteiger partial charge in [0.15, 0.2) is 0 Å². The van der Waals surface area contributed by atoms with E-state index in [0.29, 0.717) is 5.95 Å². The lowest BCUT2D eigenvalue weighted by Gasteiger charge is -2.21. The molecule has 2 rings (SSSR count). The molecule has 0 fully saturated rings. The number of rotatable bonds is 3. The van der Waals surface area contributed by atoms with Gasteiger partial charge in [-0.1, -0.05) is 0 Å². The maximum absolute atomic E-state index is 12.8. The highest BCUT2D eigenvalue weighted by Gasteiger charge is 2.10. The average molecular weight is 260 g/mol. The summed E-state index contributed by atoms with van der Waals surface area (Å²) in [5.41, 5.74) is 0.677. The molecule has 1 aromatic heterocycles. The van der Waals surface area contributed by atoms with E-state index in [0.717, 1.165) is 11.5 Å². The van der Waals surface area contributed by atoms with Crippen molar-refractivity contribution in [2.45, 2.75) is 26.3 Å². The molecule has 4 nitrogen and oxygen atoms in total. The molecule has 0 saturated carbocycles. The number of aromatic nitrogens is 2. The second-order valence-electron chi connectivity index (χ2n) is 5.27. The molecule has 5 heteroatoms. The number of anilines is 3. The zero-order valence-electron chi connectivity index (χ0n) is 11.2. The molecule has 0 saturated heterocycles. The van der Waals surface area contributed by atoms with E-state index < -0.39 is 0 Å². The van der Waals surface area contributed by atoms with Crippen LogP contribution in [0.1, 0.15) is 20.8 Å². The Labute approximate surface area is 112 Å². The van der Waals surface area contributed by atoms with Crippen molar-refractivity contribution in [1.82, 2.24) is 9.97 Å². The van der Waals surface area contributed by atoms with Crippen molar-refractivity contribution < 1.29 is 4.39 Å². The summed E-state index contributed by atoms with van der Waals surface area (Å²) in [6.07, 6.45) is 1.67. The van der Waals surface area contributed by atoms with E-state index >= 15 is 0 Å². The van der Waals surface area contributed by atoms with Gasteiger partial charge in [-0.25, -0.2) is 9.37 Å². The maximum Gasteiger partial charge on any atom is 0.229 e. The van der Waals surface area contributed by atoms with Gasteiger partial charge in [-0.3, -0.25) is 0 Å². The fourth-order valence-corrected chi connectivity index (χ4v) is 1.54. The van der Waals surface area contributed by atoms with E-state index in [-0.39, 0.29) is 11.4 Å². The first kappa shape index (κ1) is 13.3. The Balaban J connectivity index is 2.13. The number of nitrogens with zero attached hydrogens (tertiary/aromatic N) is 2. The molecule has 2 aromatic rings. The van der Waals surface area contributed by atoms with E-state index in [1.54, 1.807) is 24.4 Å². The molecule has 0 aliphatic rings. The van der Waals surface area contributed by atoms with Crippen LogP contribution in [0.3, 0.4) is 0 Å². The number of benzene rings is 1. The SMILES string of the molecule is CC(C)(C)Nc1ccnc(Nc2ccc(F)cc2)n1. The van der Waals surface area contributed by atoms with Crippen LogP contribution in [0.2, 0.25) is 0 Å². The smallest absolute Gasteiger partial charge is 0.229 e. The van der Waals surface area contributed by atoms with Crippen LogP contribution in [0.5, 0.6) is 0 Å². The zero-order chi connectivity index (χ0) is 13.9. The molecule has 100 valence electrons. The Bertz CT molecular complexity index is 546. The molecule has 1 aromatic carbocycles. The van der Waals surface area contributed by atoms with Crippen molar-refractivity contribution >= 4 is 17.5 Å². The molecule has 1 heterocycles. The average Bonchev–Trinajstić information content (AvgIpc) is 2.30.